The Bertz CT molecular complexity index is 668. The molecule has 5 nitrogen and oxygen atoms in total. The highest BCUT2D eigenvalue weighted by Gasteiger charge is 2.43. The molecule has 21 heavy (non-hydrogen) atoms. The second kappa shape index (κ2) is 5.39. The van der Waals surface area contributed by atoms with Gasteiger partial charge in [0.1, 0.15) is 4.90 Å². The quantitative estimate of drug-likeness (QED) is 0.840. The smallest absolute Gasteiger partial charge is 0.246 e. The average Bonchev–Trinajstić information content (AvgIpc) is 2.90. The Morgan fingerprint density at radius 1 is 1.38 bits per heavy atom. The van der Waals surface area contributed by atoms with Crippen LogP contribution in [0.5, 0.6) is 0 Å². The molecule has 1 aliphatic heterocycles. The Hall–Kier alpha value is -0.890. The van der Waals surface area contributed by atoms with Crippen molar-refractivity contribution in [3.05, 3.63) is 23.0 Å². The molecule has 1 heterocycles. The summed E-state index contributed by atoms with van der Waals surface area (Å²) in [5.41, 5.74) is 5.72. The van der Waals surface area contributed by atoms with Gasteiger partial charge >= 0.3 is 0 Å². The van der Waals surface area contributed by atoms with Crippen molar-refractivity contribution in [1.82, 2.24) is 4.31 Å². The summed E-state index contributed by atoms with van der Waals surface area (Å²) in [6, 6.07) is 2.09. The minimum atomic E-state index is -3.98. The van der Waals surface area contributed by atoms with Gasteiger partial charge < -0.3 is 10.5 Å². The normalized spacial score (nSPS) is 26.8. The Balaban J connectivity index is 2.04. The number of hydrogen-bond donors (Lipinski definition) is 1. The van der Waals surface area contributed by atoms with Crippen LogP contribution in [-0.2, 0) is 14.8 Å². The summed E-state index contributed by atoms with van der Waals surface area (Å²) < 4.78 is 46.6. The Labute approximate surface area is 127 Å². The Morgan fingerprint density at radius 2 is 2.14 bits per heavy atom. The van der Waals surface area contributed by atoms with Crippen molar-refractivity contribution in [2.75, 3.05) is 18.9 Å². The van der Waals surface area contributed by atoms with E-state index < -0.39 is 20.7 Å². The van der Waals surface area contributed by atoms with Gasteiger partial charge in [-0.15, -0.1) is 0 Å². The van der Waals surface area contributed by atoms with E-state index in [0.29, 0.717) is 6.61 Å². The topological polar surface area (TPSA) is 72.6 Å². The third-order valence-electron chi connectivity index (χ3n) is 4.03. The number of nitrogens with two attached hydrogens (primary N) is 1. The molecule has 1 saturated carbocycles. The fraction of sp³-hybridized carbons (Fsp3) is 0.538. The third-order valence-corrected chi connectivity index (χ3v) is 6.23. The number of hydrogen-bond acceptors (Lipinski definition) is 4. The van der Waals surface area contributed by atoms with Gasteiger partial charge in [0.05, 0.1) is 23.8 Å². The number of morpholine rings is 1. The maximum absolute atomic E-state index is 14.2. The first-order chi connectivity index (χ1) is 9.91. The van der Waals surface area contributed by atoms with Gasteiger partial charge in [-0.3, -0.25) is 0 Å². The van der Waals surface area contributed by atoms with Crippen LogP contribution < -0.4 is 5.73 Å². The van der Waals surface area contributed by atoms with Crippen LogP contribution in [0.3, 0.4) is 0 Å². The highest BCUT2D eigenvalue weighted by molar-refractivity contribution is 7.89. The first-order valence-corrected chi connectivity index (χ1v) is 8.61. The highest BCUT2D eigenvalue weighted by atomic mass is 35.5. The second-order valence-corrected chi connectivity index (χ2v) is 7.60. The number of nitrogen functional groups attached to an aromatic ring is 1. The minimum Gasteiger partial charge on any atom is -0.399 e. The Kier molecular flexibility index (Phi) is 3.85. The van der Waals surface area contributed by atoms with E-state index in [1.54, 1.807) is 0 Å². The average molecular weight is 335 g/mol. The van der Waals surface area contributed by atoms with Gasteiger partial charge in [-0.05, 0) is 31.4 Å². The van der Waals surface area contributed by atoms with Crippen molar-refractivity contribution in [2.45, 2.75) is 36.3 Å². The number of benzene rings is 1. The van der Waals surface area contributed by atoms with Crippen LogP contribution in [-0.4, -0.2) is 38.0 Å². The van der Waals surface area contributed by atoms with Crippen LogP contribution in [0.4, 0.5) is 10.1 Å². The highest BCUT2D eigenvalue weighted by Crippen LogP contribution is 2.35. The molecule has 2 fully saturated rings. The van der Waals surface area contributed by atoms with E-state index >= 15 is 0 Å². The van der Waals surface area contributed by atoms with Crippen LogP contribution in [0.25, 0.3) is 0 Å². The lowest BCUT2D eigenvalue weighted by Gasteiger charge is -2.36. The lowest BCUT2D eigenvalue weighted by atomic mass is 10.2. The fourth-order valence-corrected chi connectivity index (χ4v) is 5.16. The molecule has 2 aliphatic rings. The summed E-state index contributed by atoms with van der Waals surface area (Å²) in [6.07, 6.45) is 2.35. The van der Waals surface area contributed by atoms with Crippen molar-refractivity contribution < 1.29 is 17.5 Å². The molecule has 0 spiro atoms. The first kappa shape index (κ1) is 15.0. The predicted octanol–water partition coefficient (Wildman–Crippen LogP) is 2.00. The number of fused-ring (bicyclic) bond motifs is 1. The van der Waals surface area contributed by atoms with Crippen molar-refractivity contribution in [2.24, 2.45) is 0 Å². The molecule has 0 aromatic heterocycles. The molecule has 1 aromatic rings. The molecular weight excluding hydrogens is 319 g/mol. The van der Waals surface area contributed by atoms with E-state index in [1.165, 1.54) is 10.4 Å². The zero-order valence-corrected chi connectivity index (χ0v) is 12.8. The van der Waals surface area contributed by atoms with Gasteiger partial charge in [0.2, 0.25) is 10.0 Å². The van der Waals surface area contributed by atoms with Crippen molar-refractivity contribution in [3.63, 3.8) is 0 Å². The molecule has 0 amide bonds. The molecule has 2 N–H and O–H groups in total. The van der Waals surface area contributed by atoms with E-state index in [2.05, 4.69) is 0 Å². The number of sulfonamides is 1. The minimum absolute atomic E-state index is 0.104. The molecule has 2 unspecified atom stereocenters. The van der Waals surface area contributed by atoms with E-state index in [1.807, 2.05) is 0 Å². The molecule has 8 heteroatoms. The lowest BCUT2D eigenvalue weighted by molar-refractivity contribution is -0.0242. The lowest BCUT2D eigenvalue weighted by Crippen LogP contribution is -2.51. The molecule has 116 valence electrons. The number of ether oxygens (including phenoxy) is 1. The third kappa shape index (κ3) is 2.52. The summed E-state index contributed by atoms with van der Waals surface area (Å²) >= 11 is 5.71. The zero-order valence-electron chi connectivity index (χ0n) is 11.3. The number of rotatable bonds is 2. The zero-order chi connectivity index (χ0) is 15.2. The molecule has 1 aliphatic carbocycles. The van der Waals surface area contributed by atoms with Gasteiger partial charge in [-0.1, -0.05) is 11.6 Å². The van der Waals surface area contributed by atoms with E-state index in [-0.39, 0.29) is 29.4 Å². The first-order valence-electron chi connectivity index (χ1n) is 6.79. The van der Waals surface area contributed by atoms with Crippen molar-refractivity contribution >= 4 is 27.3 Å². The van der Waals surface area contributed by atoms with Gasteiger partial charge in [-0.25, -0.2) is 12.8 Å². The van der Waals surface area contributed by atoms with Crippen molar-refractivity contribution in [3.8, 4) is 0 Å². The van der Waals surface area contributed by atoms with Gasteiger partial charge in [0.15, 0.2) is 5.82 Å². The fourth-order valence-electron chi connectivity index (χ4n) is 3.09. The summed E-state index contributed by atoms with van der Waals surface area (Å²) in [4.78, 5) is -0.458. The largest absolute Gasteiger partial charge is 0.399 e. The Morgan fingerprint density at radius 3 is 2.90 bits per heavy atom. The molecule has 2 atom stereocenters. The number of nitrogens with zero attached hydrogens (tertiary/aromatic N) is 1. The van der Waals surface area contributed by atoms with E-state index in [0.717, 1.165) is 25.3 Å². The van der Waals surface area contributed by atoms with E-state index in [9.17, 15) is 12.8 Å². The number of anilines is 1. The maximum atomic E-state index is 14.2. The van der Waals surface area contributed by atoms with Crippen LogP contribution in [0.15, 0.2) is 17.0 Å². The van der Waals surface area contributed by atoms with Crippen LogP contribution in [0.1, 0.15) is 19.3 Å². The van der Waals surface area contributed by atoms with Crippen LogP contribution >= 0.6 is 11.6 Å². The molecular formula is C13H16ClFN2O3S. The van der Waals surface area contributed by atoms with Crippen LogP contribution in [0.2, 0.25) is 5.02 Å². The molecule has 1 saturated heterocycles. The summed E-state index contributed by atoms with van der Waals surface area (Å²) in [6.45, 7) is 0.535. The molecule has 0 bridgehead atoms. The van der Waals surface area contributed by atoms with Crippen molar-refractivity contribution in [1.29, 1.82) is 0 Å². The molecule has 1 aromatic carbocycles. The van der Waals surface area contributed by atoms with Gasteiger partial charge in [0, 0.05) is 12.2 Å². The molecule has 0 radical (unpaired) electrons. The van der Waals surface area contributed by atoms with Gasteiger partial charge in [-0.2, -0.15) is 4.31 Å². The summed E-state index contributed by atoms with van der Waals surface area (Å²) in [7, 11) is -3.98. The van der Waals surface area contributed by atoms with Crippen LogP contribution in [0, 0.1) is 5.82 Å². The monoisotopic (exact) mass is 334 g/mol. The molecule has 3 rings (SSSR count). The van der Waals surface area contributed by atoms with E-state index in [4.69, 9.17) is 22.1 Å². The van der Waals surface area contributed by atoms with Gasteiger partial charge in [0.25, 0.3) is 0 Å². The standard InChI is InChI=1S/C13H16ClFN2O3S/c14-9-6-8(16)7-12(13(9)15)21(18,19)17-4-5-20-11-3-1-2-10(11)17/h6-7,10-11H,1-5,16H2. The predicted molar refractivity (Wildman–Crippen MR) is 77.1 cm³/mol. The second-order valence-electron chi connectivity index (χ2n) is 5.34. The number of halogens is 2. The SMILES string of the molecule is Nc1cc(Cl)c(F)c(S(=O)(=O)N2CCOC3CCCC32)c1. The summed E-state index contributed by atoms with van der Waals surface area (Å²) in [5, 5.41) is -0.287. The maximum Gasteiger partial charge on any atom is 0.246 e. The summed E-state index contributed by atoms with van der Waals surface area (Å²) in [5.74, 6) is -0.952.